The first-order valence-corrected chi connectivity index (χ1v) is 10.8. The summed E-state index contributed by atoms with van der Waals surface area (Å²) in [5.74, 6) is 3.98. The summed E-state index contributed by atoms with van der Waals surface area (Å²) in [6.07, 6.45) is 29.5. The lowest BCUT2D eigenvalue weighted by atomic mass is 10.0. The van der Waals surface area contributed by atoms with Gasteiger partial charge in [-0.1, -0.05) is 89.9 Å². The third-order valence-electron chi connectivity index (χ3n) is 5.27. The van der Waals surface area contributed by atoms with E-state index < -0.39 is 0 Å². The van der Waals surface area contributed by atoms with E-state index in [9.17, 15) is 0 Å². The van der Waals surface area contributed by atoms with Gasteiger partial charge in [0.15, 0.2) is 6.54 Å². The highest BCUT2D eigenvalue weighted by molar-refractivity contribution is 4.90. The Morgan fingerprint density at radius 2 is 1.31 bits per heavy atom. The van der Waals surface area contributed by atoms with Gasteiger partial charge in [-0.15, -0.1) is 6.42 Å². The predicted molar refractivity (Wildman–Crippen MR) is 109 cm³/mol. The van der Waals surface area contributed by atoms with Crippen molar-refractivity contribution in [2.45, 2.75) is 117 Å². The van der Waals surface area contributed by atoms with E-state index in [1.165, 1.54) is 95.7 Å². The monoisotopic (exact) mass is 472 g/mol. The van der Waals surface area contributed by atoms with Gasteiger partial charge in [-0.2, -0.15) is 0 Å². The molecule has 0 saturated carbocycles. The average molecular weight is 472 g/mol. The van der Waals surface area contributed by atoms with Gasteiger partial charge in [0.2, 0.25) is 0 Å². The minimum absolute atomic E-state index is 0. The summed E-state index contributed by atoms with van der Waals surface area (Å²) in [7, 11) is 0. The maximum atomic E-state index is 5.39. The molecule has 0 atom stereocenters. The molecule has 0 radical (unpaired) electrons. The minimum atomic E-state index is 0. The third-order valence-corrected chi connectivity index (χ3v) is 5.27. The number of halogens is 1. The highest BCUT2D eigenvalue weighted by atomic mass is 127. The third kappa shape index (κ3) is 12.0. The molecule has 26 heavy (non-hydrogen) atoms. The van der Waals surface area contributed by atoms with Gasteiger partial charge in [0.05, 0.1) is 6.54 Å². The lowest BCUT2D eigenvalue weighted by Crippen LogP contribution is -3.00. The minimum Gasteiger partial charge on any atom is -1.00 e. The molecule has 0 amide bonds. The van der Waals surface area contributed by atoms with Crippen LogP contribution >= 0.6 is 0 Å². The van der Waals surface area contributed by atoms with Gasteiger partial charge in [0, 0.05) is 6.92 Å². The van der Waals surface area contributed by atoms with Crippen LogP contribution in [0.3, 0.4) is 0 Å². The molecule has 0 aliphatic carbocycles. The molecule has 0 fully saturated rings. The van der Waals surface area contributed by atoms with E-state index in [-0.39, 0.29) is 24.0 Å². The van der Waals surface area contributed by atoms with E-state index in [1.54, 1.807) is 0 Å². The summed E-state index contributed by atoms with van der Waals surface area (Å²) in [5.41, 5.74) is 0. The maximum absolute atomic E-state index is 5.39. The van der Waals surface area contributed by atoms with E-state index in [2.05, 4.69) is 41.3 Å². The molecule has 150 valence electrons. The molecule has 0 spiro atoms. The number of unbranched alkanes of at least 4 members (excludes halogenated alkanes) is 13. The molecule has 0 aliphatic rings. The number of terminal acetylenes is 1. The van der Waals surface area contributed by atoms with E-state index in [0.29, 0.717) is 6.54 Å². The molecule has 0 aliphatic heterocycles. The fourth-order valence-corrected chi connectivity index (χ4v) is 3.52. The van der Waals surface area contributed by atoms with Gasteiger partial charge >= 0.3 is 0 Å². The number of imidazole rings is 1. The fraction of sp³-hybridized carbons (Fsp3) is 0.783. The van der Waals surface area contributed by atoms with Crippen molar-refractivity contribution in [1.82, 2.24) is 4.57 Å². The van der Waals surface area contributed by atoms with E-state index in [1.807, 2.05) is 0 Å². The summed E-state index contributed by atoms with van der Waals surface area (Å²) >= 11 is 0. The zero-order chi connectivity index (χ0) is 18.2. The highest BCUT2D eigenvalue weighted by Gasteiger charge is 2.10. The molecular formula is C23H41IN2. The molecular weight excluding hydrogens is 431 g/mol. The summed E-state index contributed by atoms with van der Waals surface area (Å²) in [5, 5.41) is 0. The van der Waals surface area contributed by atoms with Crippen LogP contribution in [0.1, 0.15) is 103 Å². The van der Waals surface area contributed by atoms with E-state index >= 15 is 0 Å². The smallest absolute Gasteiger partial charge is 0.254 e. The van der Waals surface area contributed by atoms with Gasteiger partial charge in [0.25, 0.3) is 5.82 Å². The van der Waals surface area contributed by atoms with Crippen LogP contribution in [-0.4, -0.2) is 4.57 Å². The summed E-state index contributed by atoms with van der Waals surface area (Å²) < 4.78 is 4.47. The Kier molecular flexibility index (Phi) is 17.5. The molecule has 0 aromatic carbocycles. The van der Waals surface area contributed by atoms with Crippen LogP contribution in [0.25, 0.3) is 0 Å². The van der Waals surface area contributed by atoms with Crippen LogP contribution in [-0.2, 0) is 13.1 Å². The van der Waals surface area contributed by atoms with Crippen molar-refractivity contribution in [3.63, 3.8) is 0 Å². The SMILES string of the molecule is C#CCn1cc[n+](CCCCCCCCCCCCCCCC)c1C.[I-]. The number of aryl methyl sites for hydroxylation is 1. The van der Waals surface area contributed by atoms with Gasteiger partial charge in [0.1, 0.15) is 12.4 Å². The molecule has 0 bridgehead atoms. The second kappa shape index (κ2) is 17.9. The lowest BCUT2D eigenvalue weighted by molar-refractivity contribution is -0.702. The largest absolute Gasteiger partial charge is 1.00 e. The van der Waals surface area contributed by atoms with Crippen molar-refractivity contribution in [2.75, 3.05) is 0 Å². The first-order valence-electron chi connectivity index (χ1n) is 10.8. The Hall–Kier alpha value is -0.500. The van der Waals surface area contributed by atoms with Crippen LogP contribution in [0.4, 0.5) is 0 Å². The summed E-state index contributed by atoms with van der Waals surface area (Å²) in [6.45, 7) is 6.25. The lowest BCUT2D eigenvalue weighted by Gasteiger charge is -2.03. The predicted octanol–water partition coefficient (Wildman–Crippen LogP) is 3.20. The number of rotatable bonds is 16. The quantitative estimate of drug-likeness (QED) is 0.151. The molecule has 1 heterocycles. The van der Waals surface area contributed by atoms with Crippen molar-refractivity contribution >= 4 is 0 Å². The van der Waals surface area contributed by atoms with Crippen molar-refractivity contribution in [2.24, 2.45) is 0 Å². The van der Waals surface area contributed by atoms with Gasteiger partial charge in [-0.3, -0.25) is 0 Å². The average Bonchev–Trinajstić information content (AvgIpc) is 2.96. The standard InChI is InChI=1S/C23H41N2.HI/c1-4-6-7-8-9-10-11-12-13-14-15-16-17-18-20-25-22-21-24(19-5-2)23(25)3;/h2,21-22H,4,6-20H2,1,3H3;1H/q+1;/p-1. The second-order valence-electron chi connectivity index (χ2n) is 7.47. The Morgan fingerprint density at radius 1 is 0.846 bits per heavy atom. The van der Waals surface area contributed by atoms with E-state index in [4.69, 9.17) is 6.42 Å². The zero-order valence-electron chi connectivity index (χ0n) is 17.3. The molecule has 0 unspecified atom stereocenters. The zero-order valence-corrected chi connectivity index (χ0v) is 19.5. The van der Waals surface area contributed by atoms with Gasteiger partial charge in [-0.05, 0) is 12.8 Å². The van der Waals surface area contributed by atoms with Gasteiger partial charge in [-0.25, -0.2) is 9.13 Å². The summed E-state index contributed by atoms with van der Waals surface area (Å²) in [6, 6.07) is 0. The normalized spacial score (nSPS) is 10.5. The first kappa shape index (κ1) is 25.5. The Balaban J connectivity index is 0.00000625. The first-order chi connectivity index (χ1) is 12.3. The summed E-state index contributed by atoms with van der Waals surface area (Å²) in [4.78, 5) is 0. The van der Waals surface area contributed by atoms with Crippen LogP contribution in [0.5, 0.6) is 0 Å². The molecule has 0 N–H and O–H groups in total. The molecule has 1 aromatic rings. The Labute approximate surface area is 180 Å². The van der Waals surface area contributed by atoms with Crippen LogP contribution in [0, 0.1) is 19.3 Å². The Morgan fingerprint density at radius 3 is 1.77 bits per heavy atom. The molecule has 1 rings (SSSR count). The number of hydrogen-bond acceptors (Lipinski definition) is 0. The molecule has 2 nitrogen and oxygen atoms in total. The van der Waals surface area contributed by atoms with E-state index in [0.717, 1.165) is 6.54 Å². The molecule has 1 aromatic heterocycles. The van der Waals surface area contributed by atoms with Crippen LogP contribution in [0.2, 0.25) is 0 Å². The van der Waals surface area contributed by atoms with Crippen molar-refractivity contribution in [3.05, 3.63) is 18.2 Å². The number of nitrogens with zero attached hydrogens (tertiary/aromatic N) is 2. The topological polar surface area (TPSA) is 8.81 Å². The molecule has 0 saturated heterocycles. The second-order valence-corrected chi connectivity index (χ2v) is 7.47. The van der Waals surface area contributed by atoms with Crippen LogP contribution < -0.4 is 28.5 Å². The van der Waals surface area contributed by atoms with Gasteiger partial charge < -0.3 is 24.0 Å². The number of aromatic nitrogens is 2. The highest BCUT2D eigenvalue weighted by Crippen LogP contribution is 2.12. The fourth-order valence-electron chi connectivity index (χ4n) is 3.52. The van der Waals surface area contributed by atoms with Crippen LogP contribution in [0.15, 0.2) is 12.4 Å². The Bertz CT molecular complexity index is 473. The number of hydrogen-bond donors (Lipinski definition) is 0. The van der Waals surface area contributed by atoms with Crippen molar-refractivity contribution in [3.8, 4) is 12.3 Å². The van der Waals surface area contributed by atoms with Crippen molar-refractivity contribution in [1.29, 1.82) is 0 Å². The molecule has 3 heteroatoms. The van der Waals surface area contributed by atoms with Crippen molar-refractivity contribution < 1.29 is 28.5 Å². The maximum Gasteiger partial charge on any atom is 0.254 e.